The number of allylic oxidation sites excluding steroid dienone is 2. The van der Waals surface area contributed by atoms with E-state index in [0.717, 1.165) is 58.5 Å². The van der Waals surface area contributed by atoms with Gasteiger partial charge in [0.25, 0.3) is 0 Å². The normalized spacial score (nSPS) is 13.4. The first-order chi connectivity index (χ1) is 19.4. The van der Waals surface area contributed by atoms with Gasteiger partial charge in [0.1, 0.15) is 17.6 Å². The van der Waals surface area contributed by atoms with Crippen molar-refractivity contribution in [2.75, 3.05) is 14.2 Å². The highest BCUT2D eigenvalue weighted by atomic mass is 16.5. The lowest BCUT2D eigenvalue weighted by Crippen LogP contribution is -2.26. The summed E-state index contributed by atoms with van der Waals surface area (Å²) in [5.74, 6) is 2.50. The largest absolute Gasteiger partial charge is 0.496 e. The highest BCUT2D eigenvalue weighted by molar-refractivity contribution is 6.03. The van der Waals surface area contributed by atoms with Crippen molar-refractivity contribution in [3.05, 3.63) is 89.7 Å². The molecule has 0 saturated heterocycles. The molecule has 2 aromatic heterocycles. The summed E-state index contributed by atoms with van der Waals surface area (Å²) in [4.78, 5) is 23.1. The van der Waals surface area contributed by atoms with E-state index in [-0.39, 0.29) is 6.04 Å². The average Bonchev–Trinajstić information content (AvgIpc) is 2.97. The van der Waals surface area contributed by atoms with Gasteiger partial charge in [0.15, 0.2) is 5.82 Å². The molecule has 1 N–H and O–H groups in total. The van der Waals surface area contributed by atoms with E-state index in [1.54, 1.807) is 26.6 Å². The standard InChI is InChI=1S/C32H40N6O2/c1-8-10-11-15-34-31(27-18-26(19-29(39-6)23(27)4)30-35-20-22(3)21-36-30)37-24(5)32(40-7)38-28(12-9-2)25-13-16-33-17-14-25/h11-21,24H,8-10H2,1-7H3,(H,34,37)/b15-11+,28-12-,38-32?. The fraction of sp³-hybridized carbons (Fsp3) is 0.344. The molecule has 8 nitrogen and oxygen atoms in total. The summed E-state index contributed by atoms with van der Waals surface area (Å²) in [6.45, 7) is 10.2. The SMILES string of the molecule is CC/C=C(\N=C(OC)C(C)N=C(N/C=C/CCC)c1cc(-c2ncc(C)cn2)cc(OC)c1C)c1ccncc1. The number of amidine groups is 1. The van der Waals surface area contributed by atoms with E-state index in [2.05, 4.69) is 46.3 Å². The molecule has 2 heterocycles. The number of unbranched alkanes of at least 4 members (excludes halogenated alkanes) is 1. The van der Waals surface area contributed by atoms with E-state index < -0.39 is 0 Å². The number of rotatable bonds is 11. The van der Waals surface area contributed by atoms with E-state index in [1.165, 1.54) is 0 Å². The number of nitrogens with one attached hydrogen (secondary N) is 1. The third-order valence-corrected chi connectivity index (χ3v) is 6.16. The van der Waals surface area contributed by atoms with E-state index in [9.17, 15) is 0 Å². The summed E-state index contributed by atoms with van der Waals surface area (Å²) >= 11 is 0. The Labute approximate surface area is 238 Å². The Kier molecular flexibility index (Phi) is 11.6. The lowest BCUT2D eigenvalue weighted by atomic mass is 10.0. The molecule has 1 aromatic carbocycles. The van der Waals surface area contributed by atoms with E-state index in [0.29, 0.717) is 17.6 Å². The fourth-order valence-electron chi connectivity index (χ4n) is 4.01. The number of aromatic nitrogens is 3. The molecule has 0 spiro atoms. The lowest BCUT2D eigenvalue weighted by molar-refractivity contribution is 0.385. The third kappa shape index (κ3) is 8.09. The maximum atomic E-state index is 5.77. The maximum absolute atomic E-state index is 5.77. The predicted octanol–water partition coefficient (Wildman–Crippen LogP) is 6.70. The number of ether oxygens (including phenoxy) is 2. The zero-order valence-electron chi connectivity index (χ0n) is 24.6. The van der Waals surface area contributed by atoms with Gasteiger partial charge < -0.3 is 14.8 Å². The van der Waals surface area contributed by atoms with Gasteiger partial charge in [-0.2, -0.15) is 0 Å². The molecule has 0 radical (unpaired) electrons. The topological polar surface area (TPSA) is 93.9 Å². The number of nitrogens with zero attached hydrogens (tertiary/aromatic N) is 5. The van der Waals surface area contributed by atoms with Gasteiger partial charge in [-0.3, -0.25) is 9.98 Å². The zero-order chi connectivity index (χ0) is 28.9. The Morgan fingerprint density at radius 3 is 2.42 bits per heavy atom. The summed E-state index contributed by atoms with van der Waals surface area (Å²) in [6, 6.07) is 7.48. The summed E-state index contributed by atoms with van der Waals surface area (Å²) in [5, 5.41) is 3.41. The first-order valence-corrected chi connectivity index (χ1v) is 13.6. The van der Waals surface area contributed by atoms with Crippen LogP contribution in [0.15, 0.2) is 77.4 Å². The molecule has 0 fully saturated rings. The number of hydrogen-bond donors (Lipinski definition) is 1. The molecule has 0 amide bonds. The smallest absolute Gasteiger partial charge is 0.213 e. The highest BCUT2D eigenvalue weighted by Crippen LogP contribution is 2.29. The molecule has 0 aliphatic carbocycles. The molecule has 3 rings (SSSR count). The second-order valence-electron chi connectivity index (χ2n) is 9.31. The molecule has 0 aliphatic heterocycles. The molecule has 40 heavy (non-hydrogen) atoms. The van der Waals surface area contributed by atoms with Crippen molar-refractivity contribution in [2.24, 2.45) is 9.98 Å². The van der Waals surface area contributed by atoms with Gasteiger partial charge >= 0.3 is 0 Å². The van der Waals surface area contributed by atoms with Gasteiger partial charge in [-0.25, -0.2) is 15.0 Å². The van der Waals surface area contributed by atoms with Crippen LogP contribution < -0.4 is 10.1 Å². The van der Waals surface area contributed by atoms with Crippen LogP contribution in [0.25, 0.3) is 17.1 Å². The maximum Gasteiger partial charge on any atom is 0.213 e. The molecule has 1 unspecified atom stereocenters. The minimum atomic E-state index is -0.390. The summed E-state index contributed by atoms with van der Waals surface area (Å²) in [7, 11) is 3.29. The summed E-state index contributed by atoms with van der Waals surface area (Å²) < 4.78 is 11.5. The number of aliphatic imine (C=N–C) groups is 2. The van der Waals surface area contributed by atoms with Crippen LogP contribution in [0.4, 0.5) is 0 Å². The van der Waals surface area contributed by atoms with Crippen LogP contribution in [0, 0.1) is 13.8 Å². The Morgan fingerprint density at radius 1 is 1.07 bits per heavy atom. The van der Waals surface area contributed by atoms with Crippen molar-refractivity contribution in [2.45, 2.75) is 59.9 Å². The van der Waals surface area contributed by atoms with Crippen LogP contribution >= 0.6 is 0 Å². The fourth-order valence-corrected chi connectivity index (χ4v) is 4.01. The van der Waals surface area contributed by atoms with Crippen LogP contribution in [0.1, 0.15) is 62.3 Å². The first-order valence-electron chi connectivity index (χ1n) is 13.6. The first kappa shape index (κ1) is 30.2. The van der Waals surface area contributed by atoms with Crippen LogP contribution in [0.5, 0.6) is 5.75 Å². The monoisotopic (exact) mass is 540 g/mol. The summed E-state index contributed by atoms with van der Waals surface area (Å²) in [5.41, 5.74) is 5.44. The van der Waals surface area contributed by atoms with Crippen molar-refractivity contribution < 1.29 is 9.47 Å². The lowest BCUT2D eigenvalue weighted by Gasteiger charge is -2.18. The molecule has 210 valence electrons. The van der Waals surface area contributed by atoms with Gasteiger partial charge in [0.05, 0.1) is 19.9 Å². The van der Waals surface area contributed by atoms with Gasteiger partial charge in [-0.1, -0.05) is 32.4 Å². The molecular weight excluding hydrogens is 500 g/mol. The molecule has 3 aromatic rings. The van der Waals surface area contributed by atoms with Crippen LogP contribution in [-0.4, -0.2) is 46.9 Å². The number of pyridine rings is 1. The van der Waals surface area contributed by atoms with Gasteiger partial charge in [-0.05, 0) is 69.6 Å². The van der Waals surface area contributed by atoms with Crippen molar-refractivity contribution in [3.8, 4) is 17.1 Å². The number of benzene rings is 1. The Balaban J connectivity index is 2.12. The van der Waals surface area contributed by atoms with Crippen molar-refractivity contribution in [1.82, 2.24) is 20.3 Å². The number of aryl methyl sites for hydroxylation is 1. The Morgan fingerprint density at radius 2 is 1.80 bits per heavy atom. The number of hydrogen-bond acceptors (Lipinski definition) is 7. The predicted molar refractivity (Wildman–Crippen MR) is 164 cm³/mol. The van der Waals surface area contributed by atoms with Gasteiger partial charge in [-0.15, -0.1) is 0 Å². The van der Waals surface area contributed by atoms with Gasteiger partial charge in [0, 0.05) is 47.0 Å². The molecule has 0 bridgehead atoms. The quantitative estimate of drug-likeness (QED) is 0.215. The second kappa shape index (κ2) is 15.3. The second-order valence-corrected chi connectivity index (χ2v) is 9.31. The van der Waals surface area contributed by atoms with Gasteiger partial charge in [0.2, 0.25) is 5.90 Å². The zero-order valence-corrected chi connectivity index (χ0v) is 24.6. The van der Waals surface area contributed by atoms with E-state index in [4.69, 9.17) is 19.5 Å². The molecule has 8 heteroatoms. The molecule has 0 aliphatic rings. The number of methoxy groups -OCH3 is 2. The highest BCUT2D eigenvalue weighted by Gasteiger charge is 2.18. The van der Waals surface area contributed by atoms with Crippen molar-refractivity contribution in [3.63, 3.8) is 0 Å². The summed E-state index contributed by atoms with van der Waals surface area (Å²) in [6.07, 6.45) is 16.1. The van der Waals surface area contributed by atoms with Crippen LogP contribution in [0.2, 0.25) is 0 Å². The Bertz CT molecular complexity index is 1360. The molecule has 1 atom stereocenters. The van der Waals surface area contributed by atoms with Crippen LogP contribution in [-0.2, 0) is 4.74 Å². The molecular formula is C32H40N6O2. The minimum absolute atomic E-state index is 0.390. The minimum Gasteiger partial charge on any atom is -0.496 e. The van der Waals surface area contributed by atoms with Crippen molar-refractivity contribution in [1.29, 1.82) is 0 Å². The molecule has 0 saturated carbocycles. The van der Waals surface area contributed by atoms with Crippen LogP contribution in [0.3, 0.4) is 0 Å². The van der Waals surface area contributed by atoms with E-state index >= 15 is 0 Å². The third-order valence-electron chi connectivity index (χ3n) is 6.16. The van der Waals surface area contributed by atoms with Crippen molar-refractivity contribution >= 4 is 17.4 Å². The average molecular weight is 541 g/mol. The van der Waals surface area contributed by atoms with E-state index in [1.807, 2.05) is 63.6 Å². The Hall–Kier alpha value is -4.33.